The Bertz CT molecular complexity index is 1040. The highest BCUT2D eigenvalue weighted by Gasteiger charge is 2.10. The van der Waals surface area contributed by atoms with Gasteiger partial charge in [0.25, 0.3) is 5.91 Å². The maximum Gasteiger partial charge on any atom is 0.262 e. The fraction of sp³-hybridized carbons (Fsp3) is 0.208. The molecule has 0 aliphatic heterocycles. The second-order valence-corrected chi connectivity index (χ2v) is 7.92. The minimum atomic E-state index is -0.223. The molecule has 0 fully saturated rings. The average Bonchev–Trinajstić information content (AvgIpc) is 2.72. The number of ether oxygens (including phenoxy) is 2. The number of halogens is 1. The smallest absolute Gasteiger partial charge is 0.262 e. The topological polar surface area (TPSA) is 59.6 Å². The lowest BCUT2D eigenvalue weighted by atomic mass is 10.1. The van der Waals surface area contributed by atoms with E-state index in [0.29, 0.717) is 18.0 Å². The first-order chi connectivity index (χ1) is 14.4. The molecule has 0 unspecified atom stereocenters. The van der Waals surface area contributed by atoms with Crippen molar-refractivity contribution in [2.24, 2.45) is 0 Å². The van der Waals surface area contributed by atoms with Crippen LogP contribution in [0.1, 0.15) is 16.7 Å². The van der Waals surface area contributed by atoms with Crippen LogP contribution in [0.3, 0.4) is 0 Å². The van der Waals surface area contributed by atoms with Gasteiger partial charge in [0.1, 0.15) is 0 Å². The van der Waals surface area contributed by atoms with Crippen LogP contribution in [0.25, 0.3) is 0 Å². The largest absolute Gasteiger partial charge is 0.493 e. The van der Waals surface area contributed by atoms with E-state index in [1.165, 1.54) is 0 Å². The second kappa shape index (κ2) is 10.2. The van der Waals surface area contributed by atoms with Crippen LogP contribution in [0.4, 0.5) is 11.4 Å². The third-order valence-corrected chi connectivity index (χ3v) is 5.05. The first kappa shape index (κ1) is 21.7. The third kappa shape index (κ3) is 6.00. The van der Waals surface area contributed by atoms with Crippen molar-refractivity contribution >= 4 is 33.2 Å². The Hall–Kier alpha value is -2.99. The number of hydrogen-bond acceptors (Lipinski definition) is 4. The summed E-state index contributed by atoms with van der Waals surface area (Å²) in [4.78, 5) is 12.2. The van der Waals surface area contributed by atoms with Crippen LogP contribution in [0.2, 0.25) is 0 Å². The molecule has 0 atom stereocenters. The molecule has 0 saturated heterocycles. The van der Waals surface area contributed by atoms with Crippen molar-refractivity contribution < 1.29 is 14.3 Å². The molecule has 0 aromatic heterocycles. The lowest BCUT2D eigenvalue weighted by molar-refractivity contribution is -0.118. The molecule has 0 aliphatic rings. The predicted octanol–water partition coefficient (Wildman–Crippen LogP) is 5.70. The van der Waals surface area contributed by atoms with E-state index in [1.54, 1.807) is 7.11 Å². The minimum Gasteiger partial charge on any atom is -0.493 e. The van der Waals surface area contributed by atoms with Crippen molar-refractivity contribution in [1.29, 1.82) is 0 Å². The zero-order valence-corrected chi connectivity index (χ0v) is 18.9. The number of carbonyl (C=O) groups excluding carboxylic acids is 1. The van der Waals surface area contributed by atoms with Gasteiger partial charge >= 0.3 is 0 Å². The number of anilines is 2. The summed E-state index contributed by atoms with van der Waals surface area (Å²) in [5.74, 6) is 0.893. The van der Waals surface area contributed by atoms with Crippen molar-refractivity contribution in [3.05, 3.63) is 81.8 Å². The standard InChI is InChI=1S/C24H25BrN2O3/c1-16-5-4-6-20(11-16)27-24(28)15-30-22-10-7-18(13-23(22)29-3)14-26-21-9-8-19(25)12-17(21)2/h4-13,26H,14-15H2,1-3H3,(H,27,28). The number of methoxy groups -OCH3 is 1. The SMILES string of the molecule is COc1cc(CNc2ccc(Br)cc2C)ccc1OCC(=O)Nc1cccc(C)c1. The highest BCUT2D eigenvalue weighted by molar-refractivity contribution is 9.10. The van der Waals surface area contributed by atoms with Gasteiger partial charge in [0.2, 0.25) is 0 Å². The summed E-state index contributed by atoms with van der Waals surface area (Å²) < 4.78 is 12.2. The first-order valence-electron chi connectivity index (χ1n) is 9.61. The second-order valence-electron chi connectivity index (χ2n) is 7.00. The Kier molecular flexibility index (Phi) is 7.36. The molecule has 0 heterocycles. The molecule has 0 spiro atoms. The van der Waals surface area contributed by atoms with Crippen LogP contribution in [-0.4, -0.2) is 19.6 Å². The Morgan fingerprint density at radius 3 is 2.57 bits per heavy atom. The molecular formula is C24H25BrN2O3. The molecule has 3 rings (SSSR count). The first-order valence-corrected chi connectivity index (χ1v) is 10.4. The molecule has 1 amide bonds. The van der Waals surface area contributed by atoms with Crippen LogP contribution < -0.4 is 20.1 Å². The van der Waals surface area contributed by atoms with E-state index < -0.39 is 0 Å². The van der Waals surface area contributed by atoms with Crippen LogP contribution in [-0.2, 0) is 11.3 Å². The zero-order valence-electron chi connectivity index (χ0n) is 17.3. The summed E-state index contributed by atoms with van der Waals surface area (Å²) in [6.07, 6.45) is 0. The summed E-state index contributed by atoms with van der Waals surface area (Å²) in [6, 6.07) is 19.4. The lowest BCUT2D eigenvalue weighted by Crippen LogP contribution is -2.20. The summed E-state index contributed by atoms with van der Waals surface area (Å²) in [6.45, 7) is 4.59. The molecule has 30 heavy (non-hydrogen) atoms. The van der Waals surface area contributed by atoms with Crippen LogP contribution in [0.15, 0.2) is 65.1 Å². The highest BCUT2D eigenvalue weighted by Crippen LogP contribution is 2.29. The molecule has 6 heteroatoms. The fourth-order valence-corrected chi connectivity index (χ4v) is 3.50. The zero-order chi connectivity index (χ0) is 21.5. The van der Waals surface area contributed by atoms with Gasteiger partial charge in [0.15, 0.2) is 18.1 Å². The molecule has 5 nitrogen and oxygen atoms in total. The van der Waals surface area contributed by atoms with E-state index in [-0.39, 0.29) is 12.5 Å². The van der Waals surface area contributed by atoms with Crippen molar-refractivity contribution in [3.8, 4) is 11.5 Å². The normalized spacial score (nSPS) is 10.4. The average molecular weight is 469 g/mol. The van der Waals surface area contributed by atoms with E-state index in [2.05, 4.69) is 39.6 Å². The predicted molar refractivity (Wildman–Crippen MR) is 125 cm³/mol. The molecule has 3 aromatic rings. The van der Waals surface area contributed by atoms with Crippen molar-refractivity contribution in [2.45, 2.75) is 20.4 Å². The van der Waals surface area contributed by atoms with Gasteiger partial charge in [-0.2, -0.15) is 0 Å². The van der Waals surface area contributed by atoms with Gasteiger partial charge in [-0.25, -0.2) is 0 Å². The monoisotopic (exact) mass is 468 g/mol. The maximum absolute atomic E-state index is 12.2. The van der Waals surface area contributed by atoms with Crippen LogP contribution in [0.5, 0.6) is 11.5 Å². The summed E-state index contributed by atoms with van der Waals surface area (Å²) in [5.41, 5.74) is 5.12. The van der Waals surface area contributed by atoms with Gasteiger partial charge in [0, 0.05) is 22.4 Å². The number of nitrogens with one attached hydrogen (secondary N) is 2. The van der Waals surface area contributed by atoms with Crippen LogP contribution in [0, 0.1) is 13.8 Å². The Morgan fingerprint density at radius 1 is 1.00 bits per heavy atom. The van der Waals surface area contributed by atoms with Crippen molar-refractivity contribution in [2.75, 3.05) is 24.4 Å². The number of amides is 1. The van der Waals surface area contributed by atoms with E-state index in [1.807, 2.05) is 61.5 Å². The van der Waals surface area contributed by atoms with E-state index in [9.17, 15) is 4.79 Å². The number of rotatable bonds is 8. The van der Waals surface area contributed by atoms with E-state index in [4.69, 9.17) is 9.47 Å². The quantitative estimate of drug-likeness (QED) is 0.444. The molecule has 0 radical (unpaired) electrons. The number of aryl methyl sites for hydroxylation is 2. The number of carbonyl (C=O) groups is 1. The Balaban J connectivity index is 1.59. The minimum absolute atomic E-state index is 0.0972. The third-order valence-electron chi connectivity index (χ3n) is 4.56. The molecule has 156 valence electrons. The fourth-order valence-electron chi connectivity index (χ4n) is 3.03. The molecule has 0 saturated carbocycles. The highest BCUT2D eigenvalue weighted by atomic mass is 79.9. The van der Waals surface area contributed by atoms with Gasteiger partial charge in [-0.15, -0.1) is 0 Å². The Labute approximate surface area is 185 Å². The molecule has 0 bridgehead atoms. The molecule has 0 aliphatic carbocycles. The molecular weight excluding hydrogens is 444 g/mol. The number of hydrogen-bond donors (Lipinski definition) is 2. The van der Waals surface area contributed by atoms with Crippen LogP contribution >= 0.6 is 15.9 Å². The van der Waals surface area contributed by atoms with Gasteiger partial charge in [-0.1, -0.05) is 34.1 Å². The summed E-state index contributed by atoms with van der Waals surface area (Å²) >= 11 is 3.48. The van der Waals surface area contributed by atoms with Crippen molar-refractivity contribution in [1.82, 2.24) is 0 Å². The van der Waals surface area contributed by atoms with Gasteiger partial charge in [0.05, 0.1) is 7.11 Å². The van der Waals surface area contributed by atoms with Crippen molar-refractivity contribution in [3.63, 3.8) is 0 Å². The molecule has 3 aromatic carbocycles. The Morgan fingerprint density at radius 2 is 1.83 bits per heavy atom. The van der Waals surface area contributed by atoms with E-state index >= 15 is 0 Å². The number of benzene rings is 3. The van der Waals surface area contributed by atoms with Gasteiger partial charge < -0.3 is 20.1 Å². The van der Waals surface area contributed by atoms with Gasteiger partial charge in [-0.05, 0) is 73.0 Å². The lowest BCUT2D eigenvalue weighted by Gasteiger charge is -2.14. The molecule has 2 N–H and O–H groups in total. The van der Waals surface area contributed by atoms with Gasteiger partial charge in [-0.3, -0.25) is 4.79 Å². The maximum atomic E-state index is 12.2. The van der Waals surface area contributed by atoms with E-state index in [0.717, 1.165) is 32.5 Å². The summed E-state index contributed by atoms with van der Waals surface area (Å²) in [7, 11) is 1.59. The summed E-state index contributed by atoms with van der Waals surface area (Å²) in [5, 5.41) is 6.26.